The quantitative estimate of drug-likeness (QED) is 0.903. The largest absolute Gasteiger partial charge is 0.349 e. The molecule has 0 spiro atoms. The number of carbonyl (C=O) groups excluding carboxylic acids is 1. The van der Waals surface area contributed by atoms with Crippen LogP contribution in [0.2, 0.25) is 0 Å². The van der Waals surface area contributed by atoms with Gasteiger partial charge in [-0.15, -0.1) is 11.3 Å². The molecule has 4 heteroatoms. The monoisotopic (exact) mass is 294 g/mol. The standard InChI is InChI=1S/C16H26N2OS/c1-4-5-15-10-13(11-20-15)16(19)17-14-6-8-18(9-7-14)12(2)3/h10-12,14H,4-9H2,1-3H3,(H,17,19). The highest BCUT2D eigenvalue weighted by molar-refractivity contribution is 7.10. The molecule has 1 aliphatic rings. The Kier molecular flexibility index (Phi) is 5.61. The van der Waals surface area contributed by atoms with E-state index in [9.17, 15) is 4.79 Å². The number of piperidine rings is 1. The highest BCUT2D eigenvalue weighted by Gasteiger charge is 2.22. The van der Waals surface area contributed by atoms with E-state index in [2.05, 4.69) is 31.0 Å². The SMILES string of the molecule is CCCc1cc(C(=O)NC2CCN(C(C)C)CC2)cs1. The molecule has 0 saturated carbocycles. The summed E-state index contributed by atoms with van der Waals surface area (Å²) < 4.78 is 0. The maximum Gasteiger partial charge on any atom is 0.252 e. The van der Waals surface area contributed by atoms with Crippen LogP contribution in [-0.2, 0) is 6.42 Å². The zero-order valence-electron chi connectivity index (χ0n) is 12.8. The van der Waals surface area contributed by atoms with Gasteiger partial charge in [0.2, 0.25) is 0 Å². The van der Waals surface area contributed by atoms with Gasteiger partial charge in [-0.1, -0.05) is 13.3 Å². The Bertz CT molecular complexity index is 433. The molecule has 112 valence electrons. The van der Waals surface area contributed by atoms with Crippen LogP contribution in [-0.4, -0.2) is 36.0 Å². The third-order valence-corrected chi connectivity index (χ3v) is 5.00. The predicted octanol–water partition coefficient (Wildman–Crippen LogP) is 3.30. The van der Waals surface area contributed by atoms with Gasteiger partial charge in [0, 0.05) is 35.4 Å². The van der Waals surface area contributed by atoms with Gasteiger partial charge in [-0.05, 0) is 39.2 Å². The van der Waals surface area contributed by atoms with Gasteiger partial charge in [0.05, 0.1) is 5.56 Å². The van der Waals surface area contributed by atoms with Gasteiger partial charge in [0.15, 0.2) is 0 Å². The minimum Gasteiger partial charge on any atom is -0.349 e. The summed E-state index contributed by atoms with van der Waals surface area (Å²) in [6.07, 6.45) is 4.34. The summed E-state index contributed by atoms with van der Waals surface area (Å²) in [6.45, 7) is 8.82. The topological polar surface area (TPSA) is 32.3 Å². The number of hydrogen-bond donors (Lipinski definition) is 1. The first-order valence-corrected chi connectivity index (χ1v) is 8.60. The van der Waals surface area contributed by atoms with E-state index in [4.69, 9.17) is 0 Å². The van der Waals surface area contributed by atoms with Crippen molar-refractivity contribution in [3.05, 3.63) is 21.9 Å². The third kappa shape index (κ3) is 4.06. The highest BCUT2D eigenvalue weighted by atomic mass is 32.1. The van der Waals surface area contributed by atoms with E-state index < -0.39 is 0 Å². The molecule has 1 aliphatic heterocycles. The van der Waals surface area contributed by atoms with Crippen LogP contribution >= 0.6 is 11.3 Å². The first-order chi connectivity index (χ1) is 9.60. The average Bonchev–Trinajstić information content (AvgIpc) is 2.88. The number of hydrogen-bond acceptors (Lipinski definition) is 3. The van der Waals surface area contributed by atoms with Crippen LogP contribution in [0.1, 0.15) is 55.3 Å². The Hall–Kier alpha value is -0.870. The fraction of sp³-hybridized carbons (Fsp3) is 0.688. The summed E-state index contributed by atoms with van der Waals surface area (Å²) in [4.78, 5) is 16.0. The van der Waals surface area contributed by atoms with E-state index in [-0.39, 0.29) is 5.91 Å². The summed E-state index contributed by atoms with van der Waals surface area (Å²) in [5.74, 6) is 0.103. The van der Waals surface area contributed by atoms with Crippen LogP contribution in [0, 0.1) is 0 Å². The Morgan fingerprint density at radius 3 is 2.75 bits per heavy atom. The van der Waals surface area contributed by atoms with Crippen molar-refractivity contribution < 1.29 is 4.79 Å². The number of aryl methyl sites for hydroxylation is 1. The van der Waals surface area contributed by atoms with Gasteiger partial charge in [-0.25, -0.2) is 0 Å². The molecule has 2 rings (SSSR count). The van der Waals surface area contributed by atoms with Crippen LogP contribution in [0.15, 0.2) is 11.4 Å². The van der Waals surface area contributed by atoms with E-state index in [1.807, 2.05) is 11.4 Å². The van der Waals surface area contributed by atoms with Crippen molar-refractivity contribution in [2.45, 2.75) is 58.5 Å². The number of likely N-dealkylation sites (tertiary alicyclic amines) is 1. The molecule has 1 fully saturated rings. The summed E-state index contributed by atoms with van der Waals surface area (Å²) in [5.41, 5.74) is 0.838. The minimum atomic E-state index is 0.103. The molecule has 0 aromatic carbocycles. The third-order valence-electron chi connectivity index (χ3n) is 4.01. The Morgan fingerprint density at radius 2 is 2.15 bits per heavy atom. The van der Waals surface area contributed by atoms with Gasteiger partial charge in [0.1, 0.15) is 0 Å². The van der Waals surface area contributed by atoms with E-state index in [1.54, 1.807) is 11.3 Å². The van der Waals surface area contributed by atoms with Crippen molar-refractivity contribution in [1.82, 2.24) is 10.2 Å². The summed E-state index contributed by atoms with van der Waals surface area (Å²) in [6, 6.07) is 3.00. The highest BCUT2D eigenvalue weighted by Crippen LogP contribution is 2.18. The van der Waals surface area contributed by atoms with Crippen molar-refractivity contribution in [2.24, 2.45) is 0 Å². The molecule has 1 aromatic rings. The lowest BCUT2D eigenvalue weighted by molar-refractivity contribution is 0.0901. The molecular formula is C16H26N2OS. The normalized spacial score (nSPS) is 17.6. The number of rotatable bonds is 5. The lowest BCUT2D eigenvalue weighted by Crippen LogP contribution is -2.46. The van der Waals surface area contributed by atoms with E-state index in [1.165, 1.54) is 4.88 Å². The van der Waals surface area contributed by atoms with Crippen molar-refractivity contribution in [2.75, 3.05) is 13.1 Å². The molecule has 1 aromatic heterocycles. The van der Waals surface area contributed by atoms with Crippen molar-refractivity contribution in [3.63, 3.8) is 0 Å². The number of nitrogens with one attached hydrogen (secondary N) is 1. The molecule has 3 nitrogen and oxygen atoms in total. The molecular weight excluding hydrogens is 268 g/mol. The second-order valence-electron chi connectivity index (χ2n) is 5.93. The fourth-order valence-corrected chi connectivity index (χ4v) is 3.68. The van der Waals surface area contributed by atoms with Gasteiger partial charge >= 0.3 is 0 Å². The zero-order valence-corrected chi connectivity index (χ0v) is 13.6. The molecule has 2 heterocycles. The maximum absolute atomic E-state index is 12.2. The first-order valence-electron chi connectivity index (χ1n) is 7.72. The van der Waals surface area contributed by atoms with Crippen molar-refractivity contribution in [3.8, 4) is 0 Å². The summed E-state index contributed by atoms with van der Waals surface area (Å²) in [5, 5.41) is 5.18. The molecule has 1 N–H and O–H groups in total. The maximum atomic E-state index is 12.2. The van der Waals surface area contributed by atoms with Gasteiger partial charge in [-0.2, -0.15) is 0 Å². The molecule has 0 unspecified atom stereocenters. The van der Waals surface area contributed by atoms with Gasteiger partial charge in [-0.3, -0.25) is 4.79 Å². The molecule has 1 amide bonds. The number of nitrogens with zero attached hydrogens (tertiary/aromatic N) is 1. The fourth-order valence-electron chi connectivity index (χ4n) is 2.71. The Morgan fingerprint density at radius 1 is 1.45 bits per heavy atom. The first kappa shape index (κ1) is 15.5. The number of carbonyl (C=O) groups is 1. The minimum absolute atomic E-state index is 0.103. The Balaban J connectivity index is 1.82. The second-order valence-corrected chi connectivity index (χ2v) is 6.92. The van der Waals surface area contributed by atoms with Crippen LogP contribution in [0.3, 0.4) is 0 Å². The van der Waals surface area contributed by atoms with E-state index in [0.29, 0.717) is 12.1 Å². The zero-order chi connectivity index (χ0) is 14.5. The number of thiophene rings is 1. The summed E-state index contributed by atoms with van der Waals surface area (Å²) >= 11 is 1.70. The lowest BCUT2D eigenvalue weighted by Gasteiger charge is -2.34. The van der Waals surface area contributed by atoms with E-state index in [0.717, 1.165) is 44.3 Å². The molecule has 0 radical (unpaired) electrons. The van der Waals surface area contributed by atoms with Crippen LogP contribution in [0.5, 0.6) is 0 Å². The van der Waals surface area contributed by atoms with Gasteiger partial charge < -0.3 is 10.2 Å². The smallest absolute Gasteiger partial charge is 0.252 e. The summed E-state index contributed by atoms with van der Waals surface area (Å²) in [7, 11) is 0. The Labute approximate surface area is 126 Å². The van der Waals surface area contributed by atoms with Crippen LogP contribution < -0.4 is 5.32 Å². The van der Waals surface area contributed by atoms with Gasteiger partial charge in [0.25, 0.3) is 5.91 Å². The molecule has 0 bridgehead atoms. The van der Waals surface area contributed by atoms with Crippen LogP contribution in [0.25, 0.3) is 0 Å². The van der Waals surface area contributed by atoms with Crippen molar-refractivity contribution >= 4 is 17.2 Å². The predicted molar refractivity (Wildman–Crippen MR) is 85.5 cm³/mol. The molecule has 1 saturated heterocycles. The number of amides is 1. The molecule has 0 atom stereocenters. The average molecular weight is 294 g/mol. The van der Waals surface area contributed by atoms with Crippen molar-refractivity contribution in [1.29, 1.82) is 0 Å². The van der Waals surface area contributed by atoms with Crippen LogP contribution in [0.4, 0.5) is 0 Å². The second kappa shape index (κ2) is 7.23. The molecule has 20 heavy (non-hydrogen) atoms. The lowest BCUT2D eigenvalue weighted by atomic mass is 10.0. The van der Waals surface area contributed by atoms with E-state index >= 15 is 0 Å². The molecule has 0 aliphatic carbocycles.